The van der Waals surface area contributed by atoms with Crippen LogP contribution in [0.4, 0.5) is 0 Å². The molecule has 0 bridgehead atoms. The van der Waals surface area contributed by atoms with E-state index in [9.17, 15) is 4.79 Å². The molecule has 1 aromatic heterocycles. The molecule has 1 atom stereocenters. The minimum atomic E-state index is -0.785. The average molecular weight is 200 g/mol. The van der Waals surface area contributed by atoms with Crippen molar-refractivity contribution >= 4 is 17.3 Å². The van der Waals surface area contributed by atoms with Crippen LogP contribution in [0.2, 0.25) is 0 Å². The normalized spacial score (nSPS) is 13.2. The fourth-order valence-electron chi connectivity index (χ4n) is 1.09. The third-order valence-electron chi connectivity index (χ3n) is 1.77. The highest BCUT2D eigenvalue weighted by molar-refractivity contribution is 7.09. The molecule has 0 fully saturated rings. The lowest BCUT2D eigenvalue weighted by molar-refractivity contribution is -0.138. The third kappa shape index (κ3) is 2.78. The van der Waals surface area contributed by atoms with Gasteiger partial charge in [-0.2, -0.15) is 0 Å². The minimum Gasteiger partial charge on any atom is -0.481 e. The average Bonchev–Trinajstić information content (AvgIpc) is 2.50. The molecule has 1 rings (SSSR count). The summed E-state index contributed by atoms with van der Waals surface area (Å²) >= 11 is 1.49. The standard InChI is InChI=1S/C8H12N2O2S/c1-10(2)6(3-8(11)12)7-4-9-5-13-7/h4-6H,3H2,1-2H3,(H,11,12). The first-order valence-electron chi connectivity index (χ1n) is 3.88. The molecule has 0 aromatic carbocycles. The quantitative estimate of drug-likeness (QED) is 0.794. The van der Waals surface area contributed by atoms with Crippen LogP contribution in [0, 0.1) is 0 Å². The topological polar surface area (TPSA) is 53.4 Å². The fraction of sp³-hybridized carbons (Fsp3) is 0.500. The van der Waals surface area contributed by atoms with E-state index in [-0.39, 0.29) is 12.5 Å². The van der Waals surface area contributed by atoms with E-state index in [2.05, 4.69) is 4.98 Å². The number of nitrogens with zero attached hydrogens (tertiary/aromatic N) is 2. The molecule has 72 valence electrons. The number of aromatic nitrogens is 1. The van der Waals surface area contributed by atoms with Gasteiger partial charge in [0.2, 0.25) is 0 Å². The molecule has 1 aromatic rings. The lowest BCUT2D eigenvalue weighted by atomic mass is 10.1. The Morgan fingerprint density at radius 2 is 2.46 bits per heavy atom. The van der Waals surface area contributed by atoms with Crippen LogP contribution in [-0.4, -0.2) is 35.1 Å². The van der Waals surface area contributed by atoms with Crippen LogP contribution in [0.25, 0.3) is 0 Å². The number of thiazole rings is 1. The van der Waals surface area contributed by atoms with Gasteiger partial charge in [0.1, 0.15) is 0 Å². The molecule has 4 nitrogen and oxygen atoms in total. The third-order valence-corrected chi connectivity index (χ3v) is 2.65. The Balaban J connectivity index is 2.74. The molecule has 0 saturated heterocycles. The predicted octanol–water partition coefficient (Wildman–Crippen LogP) is 1.22. The van der Waals surface area contributed by atoms with Gasteiger partial charge >= 0.3 is 5.97 Å². The Labute approximate surface area is 80.8 Å². The Morgan fingerprint density at radius 3 is 2.85 bits per heavy atom. The van der Waals surface area contributed by atoms with Crippen LogP contribution in [0.3, 0.4) is 0 Å². The molecule has 0 amide bonds. The molecule has 1 N–H and O–H groups in total. The van der Waals surface area contributed by atoms with Gasteiger partial charge in [-0.25, -0.2) is 0 Å². The van der Waals surface area contributed by atoms with Gasteiger partial charge in [0.05, 0.1) is 18.0 Å². The van der Waals surface area contributed by atoms with E-state index in [0.29, 0.717) is 0 Å². The van der Waals surface area contributed by atoms with Gasteiger partial charge in [-0.15, -0.1) is 11.3 Å². The minimum absolute atomic E-state index is 0.0648. The van der Waals surface area contributed by atoms with Crippen molar-refractivity contribution in [3.8, 4) is 0 Å². The van der Waals surface area contributed by atoms with Crippen molar-refractivity contribution in [2.75, 3.05) is 14.1 Å². The molecule has 13 heavy (non-hydrogen) atoms. The van der Waals surface area contributed by atoms with E-state index in [1.807, 2.05) is 19.0 Å². The van der Waals surface area contributed by atoms with Gasteiger partial charge in [-0.1, -0.05) is 0 Å². The molecular formula is C8H12N2O2S. The highest BCUT2D eigenvalue weighted by Gasteiger charge is 2.18. The van der Waals surface area contributed by atoms with Crippen LogP contribution in [0.15, 0.2) is 11.7 Å². The second kappa shape index (κ2) is 4.34. The summed E-state index contributed by atoms with van der Waals surface area (Å²) in [5.74, 6) is -0.785. The van der Waals surface area contributed by atoms with Crippen molar-refractivity contribution in [2.24, 2.45) is 0 Å². The highest BCUT2D eigenvalue weighted by atomic mass is 32.1. The zero-order chi connectivity index (χ0) is 9.84. The summed E-state index contributed by atoms with van der Waals surface area (Å²) in [5.41, 5.74) is 1.72. The monoisotopic (exact) mass is 200 g/mol. The van der Waals surface area contributed by atoms with Crippen LogP contribution in [0.5, 0.6) is 0 Å². The summed E-state index contributed by atoms with van der Waals surface area (Å²) in [6, 6.07) is -0.0648. The molecule has 0 saturated carbocycles. The van der Waals surface area contributed by atoms with Crippen molar-refractivity contribution in [3.05, 3.63) is 16.6 Å². The van der Waals surface area contributed by atoms with Gasteiger partial charge in [-0.05, 0) is 14.1 Å². The molecule has 0 aliphatic carbocycles. The van der Waals surface area contributed by atoms with Gasteiger partial charge in [0.25, 0.3) is 0 Å². The first kappa shape index (κ1) is 10.1. The Morgan fingerprint density at radius 1 is 1.77 bits per heavy atom. The summed E-state index contributed by atoms with van der Waals surface area (Å²) in [4.78, 5) is 17.4. The van der Waals surface area contributed by atoms with Crippen molar-refractivity contribution in [3.63, 3.8) is 0 Å². The van der Waals surface area contributed by atoms with E-state index >= 15 is 0 Å². The zero-order valence-corrected chi connectivity index (χ0v) is 8.41. The number of rotatable bonds is 4. The van der Waals surface area contributed by atoms with E-state index in [0.717, 1.165) is 4.88 Å². The molecule has 1 heterocycles. The lowest BCUT2D eigenvalue weighted by Gasteiger charge is -2.20. The second-order valence-corrected chi connectivity index (χ2v) is 3.90. The van der Waals surface area contributed by atoms with Crippen molar-refractivity contribution in [2.45, 2.75) is 12.5 Å². The first-order chi connectivity index (χ1) is 6.11. The maximum absolute atomic E-state index is 10.6. The summed E-state index contributed by atoms with van der Waals surface area (Å²) in [7, 11) is 3.74. The van der Waals surface area contributed by atoms with Gasteiger partial charge in [0, 0.05) is 11.1 Å². The van der Waals surface area contributed by atoms with Crippen molar-refractivity contribution in [1.82, 2.24) is 9.88 Å². The Bertz CT molecular complexity index is 272. The summed E-state index contributed by atoms with van der Waals surface area (Å²) in [6.07, 6.45) is 1.84. The van der Waals surface area contributed by atoms with E-state index in [4.69, 9.17) is 5.11 Å². The summed E-state index contributed by atoms with van der Waals surface area (Å²) in [6.45, 7) is 0. The predicted molar refractivity (Wildman–Crippen MR) is 50.8 cm³/mol. The fourth-order valence-corrected chi connectivity index (χ4v) is 1.91. The summed E-state index contributed by atoms with van der Waals surface area (Å²) < 4.78 is 0. The number of hydrogen-bond acceptors (Lipinski definition) is 4. The SMILES string of the molecule is CN(C)C(CC(=O)O)c1cncs1. The molecule has 0 radical (unpaired) electrons. The zero-order valence-electron chi connectivity index (χ0n) is 7.60. The molecule has 1 unspecified atom stereocenters. The van der Waals surface area contributed by atoms with Gasteiger partial charge in [-0.3, -0.25) is 9.78 Å². The number of carbonyl (C=O) groups is 1. The van der Waals surface area contributed by atoms with E-state index in [1.54, 1.807) is 11.7 Å². The molecule has 0 spiro atoms. The summed E-state index contributed by atoms with van der Waals surface area (Å²) in [5, 5.41) is 8.69. The Kier molecular flexibility index (Phi) is 3.39. The van der Waals surface area contributed by atoms with Crippen molar-refractivity contribution in [1.29, 1.82) is 0 Å². The number of hydrogen-bond donors (Lipinski definition) is 1. The van der Waals surface area contributed by atoms with Gasteiger partial charge < -0.3 is 10.0 Å². The molecule has 0 aliphatic rings. The van der Waals surface area contributed by atoms with Crippen LogP contribution in [-0.2, 0) is 4.79 Å². The smallest absolute Gasteiger partial charge is 0.305 e. The molecule has 5 heteroatoms. The van der Waals surface area contributed by atoms with Crippen LogP contribution in [0.1, 0.15) is 17.3 Å². The highest BCUT2D eigenvalue weighted by Crippen LogP contribution is 2.24. The molecular weight excluding hydrogens is 188 g/mol. The van der Waals surface area contributed by atoms with Crippen LogP contribution >= 0.6 is 11.3 Å². The number of carboxylic acid groups (broad SMARTS) is 1. The van der Waals surface area contributed by atoms with E-state index in [1.165, 1.54) is 11.3 Å². The Hall–Kier alpha value is -0.940. The number of carboxylic acids is 1. The maximum Gasteiger partial charge on any atom is 0.305 e. The van der Waals surface area contributed by atoms with Crippen LogP contribution < -0.4 is 0 Å². The number of aliphatic carboxylic acids is 1. The first-order valence-corrected chi connectivity index (χ1v) is 4.76. The maximum atomic E-state index is 10.6. The second-order valence-electron chi connectivity index (χ2n) is 2.98. The lowest BCUT2D eigenvalue weighted by Crippen LogP contribution is -2.21. The largest absolute Gasteiger partial charge is 0.481 e. The van der Waals surface area contributed by atoms with E-state index < -0.39 is 5.97 Å². The molecule has 0 aliphatic heterocycles. The van der Waals surface area contributed by atoms with Crippen molar-refractivity contribution < 1.29 is 9.90 Å². The van der Waals surface area contributed by atoms with Gasteiger partial charge in [0.15, 0.2) is 0 Å².